The van der Waals surface area contributed by atoms with Gasteiger partial charge in [-0.2, -0.15) is 0 Å². The van der Waals surface area contributed by atoms with Crippen LogP contribution in [0.25, 0.3) is 0 Å². The minimum Gasteiger partial charge on any atom is -0.399 e. The number of benzene rings is 1. The third-order valence-corrected chi connectivity index (χ3v) is 4.43. The van der Waals surface area contributed by atoms with Crippen LogP contribution in [0.1, 0.15) is 45.1 Å². The Balaban J connectivity index is 1.87. The van der Waals surface area contributed by atoms with E-state index in [0.29, 0.717) is 5.41 Å². The minimum atomic E-state index is 0.403. The van der Waals surface area contributed by atoms with Gasteiger partial charge in [0.15, 0.2) is 0 Å². The van der Waals surface area contributed by atoms with E-state index in [2.05, 4.69) is 31.3 Å². The lowest BCUT2D eigenvalue weighted by Crippen LogP contribution is -2.30. The van der Waals surface area contributed by atoms with Gasteiger partial charge in [-0.3, -0.25) is 0 Å². The Morgan fingerprint density at radius 3 is 2.28 bits per heavy atom. The summed E-state index contributed by atoms with van der Waals surface area (Å²) in [5.74, 6) is 0.826. The summed E-state index contributed by atoms with van der Waals surface area (Å²) in [6, 6.07) is 8.44. The number of rotatable bonds is 7. The molecular formula is C16H26N2. The summed E-state index contributed by atoms with van der Waals surface area (Å²) in [7, 11) is 0. The second-order valence-corrected chi connectivity index (χ2v) is 5.72. The van der Waals surface area contributed by atoms with Crippen molar-refractivity contribution in [1.82, 2.24) is 5.32 Å². The Morgan fingerprint density at radius 1 is 1.17 bits per heavy atom. The molecule has 0 bridgehead atoms. The van der Waals surface area contributed by atoms with Crippen LogP contribution in [0.15, 0.2) is 24.3 Å². The van der Waals surface area contributed by atoms with Crippen molar-refractivity contribution >= 4 is 5.69 Å². The van der Waals surface area contributed by atoms with Crippen LogP contribution in [0.4, 0.5) is 5.69 Å². The third kappa shape index (κ3) is 3.05. The van der Waals surface area contributed by atoms with Gasteiger partial charge in [-0.15, -0.1) is 0 Å². The molecule has 2 rings (SSSR count). The number of hydrogen-bond donors (Lipinski definition) is 2. The van der Waals surface area contributed by atoms with Crippen molar-refractivity contribution in [3.05, 3.63) is 29.8 Å². The molecule has 0 atom stereocenters. The average molecular weight is 246 g/mol. The van der Waals surface area contributed by atoms with Gasteiger partial charge >= 0.3 is 0 Å². The maximum absolute atomic E-state index is 5.75. The zero-order valence-electron chi connectivity index (χ0n) is 11.7. The molecule has 2 heteroatoms. The van der Waals surface area contributed by atoms with Crippen molar-refractivity contribution in [2.24, 2.45) is 5.92 Å². The van der Waals surface area contributed by atoms with Crippen LogP contribution in [-0.2, 0) is 5.41 Å². The lowest BCUT2D eigenvalue weighted by Gasteiger charge is -2.19. The summed E-state index contributed by atoms with van der Waals surface area (Å²) in [6.45, 7) is 6.84. The molecule has 0 aliphatic heterocycles. The fourth-order valence-corrected chi connectivity index (χ4v) is 2.65. The van der Waals surface area contributed by atoms with Crippen LogP contribution >= 0.6 is 0 Å². The lowest BCUT2D eigenvalue weighted by molar-refractivity contribution is 0.434. The Kier molecular flexibility index (Phi) is 4.28. The summed E-state index contributed by atoms with van der Waals surface area (Å²) in [5, 5.41) is 3.67. The maximum Gasteiger partial charge on any atom is 0.0314 e. The molecule has 2 nitrogen and oxygen atoms in total. The van der Waals surface area contributed by atoms with E-state index in [1.54, 1.807) is 0 Å². The Hall–Kier alpha value is -1.02. The Bertz CT molecular complexity index is 361. The van der Waals surface area contributed by atoms with E-state index in [1.165, 1.54) is 31.2 Å². The van der Waals surface area contributed by atoms with Crippen molar-refractivity contribution in [2.75, 3.05) is 18.8 Å². The summed E-state index contributed by atoms with van der Waals surface area (Å²) >= 11 is 0. The molecular weight excluding hydrogens is 220 g/mol. The lowest BCUT2D eigenvalue weighted by atomic mass is 9.95. The van der Waals surface area contributed by atoms with Crippen LogP contribution in [0.2, 0.25) is 0 Å². The van der Waals surface area contributed by atoms with E-state index in [4.69, 9.17) is 5.73 Å². The maximum atomic E-state index is 5.75. The molecule has 100 valence electrons. The molecule has 1 aromatic rings. The van der Waals surface area contributed by atoms with Gasteiger partial charge in [-0.1, -0.05) is 38.8 Å². The minimum absolute atomic E-state index is 0.403. The first kappa shape index (κ1) is 13.4. The molecule has 0 saturated heterocycles. The number of nitrogens with one attached hydrogen (secondary N) is 1. The zero-order chi connectivity index (χ0) is 13.0. The molecule has 0 heterocycles. The third-order valence-electron chi connectivity index (χ3n) is 4.43. The topological polar surface area (TPSA) is 38.0 Å². The fraction of sp³-hybridized carbons (Fsp3) is 0.625. The van der Waals surface area contributed by atoms with Crippen LogP contribution in [0, 0.1) is 5.92 Å². The fourth-order valence-electron chi connectivity index (χ4n) is 2.65. The monoisotopic (exact) mass is 246 g/mol. The highest BCUT2D eigenvalue weighted by atomic mass is 14.9. The van der Waals surface area contributed by atoms with E-state index in [0.717, 1.165) is 24.7 Å². The van der Waals surface area contributed by atoms with Crippen molar-refractivity contribution in [3.8, 4) is 0 Å². The molecule has 1 fully saturated rings. The first-order valence-electron chi connectivity index (χ1n) is 7.27. The molecule has 0 unspecified atom stereocenters. The number of nitrogens with two attached hydrogens (primary N) is 1. The molecule has 1 aliphatic carbocycles. The number of anilines is 1. The van der Waals surface area contributed by atoms with Gasteiger partial charge in [-0.25, -0.2) is 0 Å². The van der Waals surface area contributed by atoms with E-state index in [-0.39, 0.29) is 0 Å². The molecule has 0 radical (unpaired) electrons. The van der Waals surface area contributed by atoms with Gasteiger partial charge in [0, 0.05) is 17.6 Å². The molecule has 1 saturated carbocycles. The highest BCUT2D eigenvalue weighted by Gasteiger charge is 2.43. The summed E-state index contributed by atoms with van der Waals surface area (Å²) in [6.07, 6.45) is 5.18. The zero-order valence-corrected chi connectivity index (χ0v) is 11.7. The SMILES string of the molecule is CCC(CC)CNCC1(c2ccc(N)cc2)CC1. The van der Waals surface area contributed by atoms with E-state index >= 15 is 0 Å². The van der Waals surface area contributed by atoms with Gasteiger partial charge in [-0.05, 0) is 43.0 Å². The van der Waals surface area contributed by atoms with Crippen molar-refractivity contribution in [1.29, 1.82) is 0 Å². The van der Waals surface area contributed by atoms with Gasteiger partial charge in [0.25, 0.3) is 0 Å². The van der Waals surface area contributed by atoms with Crippen molar-refractivity contribution in [2.45, 2.75) is 44.9 Å². The quantitative estimate of drug-likeness (QED) is 0.724. The summed E-state index contributed by atoms with van der Waals surface area (Å²) in [4.78, 5) is 0. The molecule has 1 aliphatic rings. The van der Waals surface area contributed by atoms with E-state index < -0.39 is 0 Å². The Morgan fingerprint density at radius 2 is 1.78 bits per heavy atom. The van der Waals surface area contributed by atoms with Gasteiger partial charge < -0.3 is 11.1 Å². The predicted octanol–water partition coefficient (Wildman–Crippen LogP) is 3.33. The summed E-state index contributed by atoms with van der Waals surface area (Å²) in [5.41, 5.74) is 8.47. The molecule has 0 amide bonds. The number of nitrogen functional groups attached to an aromatic ring is 1. The molecule has 0 spiro atoms. The number of hydrogen-bond acceptors (Lipinski definition) is 2. The largest absolute Gasteiger partial charge is 0.399 e. The first-order chi connectivity index (χ1) is 8.70. The van der Waals surface area contributed by atoms with E-state index in [1.807, 2.05) is 12.1 Å². The smallest absolute Gasteiger partial charge is 0.0314 e. The van der Waals surface area contributed by atoms with E-state index in [9.17, 15) is 0 Å². The van der Waals surface area contributed by atoms with Crippen molar-refractivity contribution < 1.29 is 0 Å². The van der Waals surface area contributed by atoms with Gasteiger partial charge in [0.05, 0.1) is 0 Å². The van der Waals surface area contributed by atoms with Gasteiger partial charge in [0.2, 0.25) is 0 Å². The highest BCUT2D eigenvalue weighted by molar-refractivity contribution is 5.43. The Labute approximate surface area is 111 Å². The molecule has 0 aromatic heterocycles. The second kappa shape index (κ2) is 5.75. The van der Waals surface area contributed by atoms with Crippen molar-refractivity contribution in [3.63, 3.8) is 0 Å². The molecule has 1 aromatic carbocycles. The molecule has 3 N–H and O–H groups in total. The first-order valence-corrected chi connectivity index (χ1v) is 7.27. The normalized spacial score (nSPS) is 17.1. The molecule has 18 heavy (non-hydrogen) atoms. The average Bonchev–Trinajstić information content (AvgIpc) is 3.17. The highest BCUT2D eigenvalue weighted by Crippen LogP contribution is 2.47. The van der Waals surface area contributed by atoms with Crippen LogP contribution in [0.3, 0.4) is 0 Å². The van der Waals surface area contributed by atoms with Gasteiger partial charge in [0.1, 0.15) is 0 Å². The van der Waals surface area contributed by atoms with Crippen LogP contribution < -0.4 is 11.1 Å². The second-order valence-electron chi connectivity index (χ2n) is 5.72. The predicted molar refractivity (Wildman–Crippen MR) is 78.7 cm³/mol. The standard InChI is InChI=1S/C16H26N2/c1-3-13(4-2)11-18-12-16(9-10-16)14-5-7-15(17)8-6-14/h5-8,13,18H,3-4,9-12,17H2,1-2H3. The van der Waals surface area contributed by atoms with Crippen LogP contribution in [0.5, 0.6) is 0 Å². The summed E-state index contributed by atoms with van der Waals surface area (Å²) < 4.78 is 0. The van der Waals surface area contributed by atoms with Crippen LogP contribution in [-0.4, -0.2) is 13.1 Å².